The molecule has 0 amide bonds. The van der Waals surface area contributed by atoms with Gasteiger partial charge in [-0.1, -0.05) is 0 Å². The van der Waals surface area contributed by atoms with Crippen molar-refractivity contribution in [2.45, 2.75) is 75.3 Å². The molecule has 0 radical (unpaired) electrons. The molecule has 8 rings (SSSR count). The van der Waals surface area contributed by atoms with Gasteiger partial charge in [-0.3, -0.25) is 0 Å². The predicted molar refractivity (Wildman–Crippen MR) is 212 cm³/mol. The third kappa shape index (κ3) is 5.40. The van der Waals surface area contributed by atoms with E-state index in [1.165, 1.54) is 56.1 Å². The average Bonchev–Trinajstić information content (AvgIpc) is 3.73. The van der Waals surface area contributed by atoms with Gasteiger partial charge in [0.25, 0.3) is 0 Å². The van der Waals surface area contributed by atoms with E-state index in [4.69, 9.17) is 0 Å². The van der Waals surface area contributed by atoms with Crippen LogP contribution in [0.2, 0.25) is 22.0 Å². The van der Waals surface area contributed by atoms with E-state index in [-0.39, 0.29) is 0 Å². The molecule has 0 aromatic heterocycles. The van der Waals surface area contributed by atoms with Crippen LogP contribution < -0.4 is 0 Å². The second-order valence-electron chi connectivity index (χ2n) is 16.4. The number of hydrogen-bond acceptors (Lipinski definition) is 0. The summed E-state index contributed by atoms with van der Waals surface area (Å²) in [6, 6.07) is 45.8. The minimum absolute atomic E-state index is 0.520. The molecule has 1 heterocycles. The molecule has 2 atom stereocenters. The molecule has 2 heteroatoms. The molecule has 0 spiro atoms. The van der Waals surface area contributed by atoms with Crippen molar-refractivity contribution in [3.8, 4) is 22.3 Å². The average molecular weight is 821 g/mol. The van der Waals surface area contributed by atoms with E-state index < -0.39 is 28.0 Å². The second-order valence-corrected chi connectivity index (χ2v) is 37.9. The number of allylic oxidation sites excluding steroid dienone is 2. The van der Waals surface area contributed by atoms with Gasteiger partial charge >= 0.3 is 302 Å². The first-order valence-corrected chi connectivity index (χ1v) is 32.6. The molecule has 0 bridgehead atoms. The third-order valence-corrected chi connectivity index (χ3v) is 34.3. The molecule has 0 saturated carbocycles. The maximum absolute atomic E-state index is 3.15. The van der Waals surface area contributed by atoms with Crippen LogP contribution >= 0.6 is 0 Å². The van der Waals surface area contributed by atoms with Gasteiger partial charge in [0.1, 0.15) is 0 Å². The quantitative estimate of drug-likeness (QED) is 0.144. The molecular formula is C47H50HfSi. The van der Waals surface area contributed by atoms with Crippen LogP contribution in [0.1, 0.15) is 85.8 Å². The van der Waals surface area contributed by atoms with E-state index in [0.29, 0.717) is 19.2 Å². The monoisotopic (exact) mass is 822 g/mol. The van der Waals surface area contributed by atoms with E-state index in [0.717, 1.165) is 6.42 Å². The number of fused-ring (bicyclic) bond motifs is 6. The summed E-state index contributed by atoms with van der Waals surface area (Å²) in [6.45, 7) is 12.0. The fraction of sp³-hybridized carbons (Fsp3) is 0.277. The molecule has 246 valence electrons. The van der Waals surface area contributed by atoms with Gasteiger partial charge in [0.05, 0.1) is 0 Å². The molecule has 0 N–H and O–H groups in total. The molecular weight excluding hydrogens is 771 g/mol. The molecule has 2 aliphatic carbocycles. The molecule has 5 aromatic rings. The Hall–Kier alpha value is -3.33. The van der Waals surface area contributed by atoms with Crippen molar-refractivity contribution in [2.24, 2.45) is 0 Å². The Labute approximate surface area is 300 Å². The normalized spacial score (nSPS) is 21.6. The maximum atomic E-state index is 2.80. The molecule has 49 heavy (non-hydrogen) atoms. The molecule has 0 nitrogen and oxygen atoms in total. The van der Waals surface area contributed by atoms with E-state index >= 15 is 0 Å². The summed E-state index contributed by atoms with van der Waals surface area (Å²) in [5.41, 5.74) is 16.3. The molecule has 2 unspecified atom stereocenters. The first kappa shape index (κ1) is 32.8. The summed E-state index contributed by atoms with van der Waals surface area (Å²) in [7, 11) is -2.09. The number of aryl methyl sites for hydroxylation is 1. The van der Waals surface area contributed by atoms with Crippen LogP contribution in [0.25, 0.3) is 34.4 Å². The van der Waals surface area contributed by atoms with Crippen LogP contribution in [0.15, 0.2) is 126 Å². The zero-order valence-corrected chi connectivity index (χ0v) is 34.9. The molecule has 3 aliphatic rings. The molecule has 1 fully saturated rings. The summed E-state index contributed by atoms with van der Waals surface area (Å²) in [5.74, 6) is 1.04. The summed E-state index contributed by atoms with van der Waals surface area (Å²) in [6.07, 6.45) is 6.65. The van der Waals surface area contributed by atoms with Crippen molar-refractivity contribution in [1.29, 1.82) is 0 Å². The van der Waals surface area contributed by atoms with Gasteiger partial charge in [-0.25, -0.2) is 0 Å². The topological polar surface area (TPSA) is 0 Å². The SMILES string of the molecule is CC(C)c1cccc(-c2cccc3c2C=C2[CH]3[Hf]([CH3])([CH3])[CH]3C(=Cc4c(-c5cccc(C(C)C)c5)cccc43)[Si]2(C)CCc2ccccc2)c1. The van der Waals surface area contributed by atoms with Gasteiger partial charge in [-0.05, 0) is 0 Å². The second kappa shape index (κ2) is 12.5. The van der Waals surface area contributed by atoms with Gasteiger partial charge < -0.3 is 0 Å². The summed E-state index contributed by atoms with van der Waals surface area (Å²) >= 11 is -3.15. The Kier molecular flexibility index (Phi) is 8.35. The fourth-order valence-corrected chi connectivity index (χ4v) is 42.0. The van der Waals surface area contributed by atoms with Crippen molar-refractivity contribution >= 4 is 20.2 Å². The van der Waals surface area contributed by atoms with Crippen LogP contribution in [0, 0.1) is 0 Å². The zero-order chi connectivity index (χ0) is 34.1. The van der Waals surface area contributed by atoms with Crippen molar-refractivity contribution in [3.63, 3.8) is 0 Å². The van der Waals surface area contributed by atoms with Crippen LogP contribution in [-0.4, -0.2) is 8.07 Å². The molecule has 1 saturated heterocycles. The first-order valence-electron chi connectivity index (χ1n) is 18.5. The van der Waals surface area contributed by atoms with Crippen molar-refractivity contribution in [2.75, 3.05) is 0 Å². The van der Waals surface area contributed by atoms with Gasteiger partial charge in [0.15, 0.2) is 0 Å². The van der Waals surface area contributed by atoms with Crippen LogP contribution in [0.5, 0.6) is 0 Å². The van der Waals surface area contributed by atoms with Gasteiger partial charge in [0, 0.05) is 0 Å². The van der Waals surface area contributed by atoms with Gasteiger partial charge in [-0.2, -0.15) is 0 Å². The summed E-state index contributed by atoms with van der Waals surface area (Å²) in [4.78, 5) is 0. The van der Waals surface area contributed by atoms with Crippen molar-refractivity contribution in [1.82, 2.24) is 0 Å². The van der Waals surface area contributed by atoms with Crippen LogP contribution in [0.3, 0.4) is 0 Å². The van der Waals surface area contributed by atoms with Crippen LogP contribution in [-0.2, 0) is 26.4 Å². The Morgan fingerprint density at radius 3 is 1.51 bits per heavy atom. The van der Waals surface area contributed by atoms with E-state index in [9.17, 15) is 0 Å². The van der Waals surface area contributed by atoms with Gasteiger partial charge in [-0.15, -0.1) is 0 Å². The van der Waals surface area contributed by atoms with E-state index in [1.54, 1.807) is 11.1 Å². The van der Waals surface area contributed by atoms with E-state index in [1.807, 2.05) is 10.4 Å². The Morgan fingerprint density at radius 2 is 1.04 bits per heavy atom. The first-order chi connectivity index (χ1) is 23.6. The number of rotatable bonds is 7. The molecule has 5 aromatic carbocycles. The summed E-state index contributed by atoms with van der Waals surface area (Å²) < 4.78 is 6.86. The number of hydrogen-bond donors (Lipinski definition) is 0. The third-order valence-electron chi connectivity index (χ3n) is 12.4. The van der Waals surface area contributed by atoms with Gasteiger partial charge in [0.2, 0.25) is 0 Å². The van der Waals surface area contributed by atoms with Crippen molar-refractivity contribution in [3.05, 3.63) is 165 Å². The molecule has 1 aliphatic heterocycles. The standard InChI is InChI=1S/C45H44Si.2CH3.Hf/c1-31(2)34-15-9-17-36(25-34)42-21-11-19-38-27-40(29-44(38)42)46(5,24-23-33-13-7-6-8-14-33)41-28-39-20-12-22-43(45(39)30-41)37-18-10-16-35(26-37)32(3)4;;;/h6-22,25-32H,23-24H2,1-5H3;2*1H3;. The fourth-order valence-electron chi connectivity index (χ4n) is 9.66. The Balaban J connectivity index is 1.32. The Bertz CT molecular complexity index is 2000. The minimum atomic E-state index is -3.15. The van der Waals surface area contributed by atoms with Crippen LogP contribution in [0.4, 0.5) is 0 Å². The zero-order valence-electron chi connectivity index (χ0n) is 30.3. The summed E-state index contributed by atoms with van der Waals surface area (Å²) in [5, 5.41) is 3.69. The Morgan fingerprint density at radius 1 is 0.571 bits per heavy atom. The predicted octanol–water partition coefficient (Wildman–Crippen LogP) is 13.5. The number of benzene rings is 5. The van der Waals surface area contributed by atoms with E-state index in [2.05, 4.69) is 171 Å². The van der Waals surface area contributed by atoms with Crippen molar-refractivity contribution < 1.29 is 20.0 Å².